The van der Waals surface area contributed by atoms with Crippen LogP contribution in [0.5, 0.6) is 0 Å². The quantitative estimate of drug-likeness (QED) is 0.854. The van der Waals surface area contributed by atoms with Gasteiger partial charge in [-0.15, -0.1) is 0 Å². The highest BCUT2D eigenvalue weighted by Gasteiger charge is 2.23. The molecule has 1 aliphatic rings. The summed E-state index contributed by atoms with van der Waals surface area (Å²) in [6, 6.07) is 7.78. The fourth-order valence-corrected chi connectivity index (χ4v) is 3.09. The van der Waals surface area contributed by atoms with Crippen LogP contribution < -0.4 is 5.32 Å². The Morgan fingerprint density at radius 2 is 1.83 bits per heavy atom. The Bertz CT molecular complexity index is 549. The number of benzene rings is 1. The summed E-state index contributed by atoms with van der Waals surface area (Å²) in [5, 5.41) is 3.81. The van der Waals surface area contributed by atoms with Gasteiger partial charge in [-0.05, 0) is 42.9 Å². The van der Waals surface area contributed by atoms with E-state index in [1.165, 1.54) is 0 Å². The molecule has 0 saturated carbocycles. The molecule has 1 heterocycles. The summed E-state index contributed by atoms with van der Waals surface area (Å²) in [7, 11) is 0. The Balaban J connectivity index is 1.68. The van der Waals surface area contributed by atoms with Crippen LogP contribution >= 0.6 is 11.6 Å². The predicted octanol–water partition coefficient (Wildman–Crippen LogP) is 3.43. The van der Waals surface area contributed by atoms with Gasteiger partial charge in [0, 0.05) is 37.0 Å². The third-order valence-electron chi connectivity index (χ3n) is 4.35. The largest absolute Gasteiger partial charge is 0.353 e. The van der Waals surface area contributed by atoms with Crippen molar-refractivity contribution < 1.29 is 9.59 Å². The zero-order valence-electron chi connectivity index (χ0n) is 14.6. The summed E-state index contributed by atoms with van der Waals surface area (Å²) in [4.78, 5) is 26.1. The maximum absolute atomic E-state index is 12.1. The molecule has 4 nitrogen and oxygen atoms in total. The molecule has 1 saturated heterocycles. The van der Waals surface area contributed by atoms with Crippen molar-refractivity contribution in [2.45, 2.75) is 52.0 Å². The molecule has 1 N–H and O–H groups in total. The van der Waals surface area contributed by atoms with Crippen LogP contribution in [0.15, 0.2) is 24.3 Å². The Kier molecular flexibility index (Phi) is 7.10. The van der Waals surface area contributed by atoms with Crippen LogP contribution in [-0.2, 0) is 16.0 Å². The Morgan fingerprint density at radius 3 is 2.42 bits per heavy atom. The van der Waals surface area contributed by atoms with Crippen molar-refractivity contribution in [1.82, 2.24) is 10.2 Å². The molecule has 0 atom stereocenters. The van der Waals surface area contributed by atoms with Gasteiger partial charge in [-0.3, -0.25) is 9.59 Å². The average Bonchev–Trinajstić information content (AvgIpc) is 2.54. The van der Waals surface area contributed by atoms with Crippen LogP contribution in [0.1, 0.15) is 45.1 Å². The van der Waals surface area contributed by atoms with Crippen LogP contribution in [0, 0.1) is 5.92 Å². The number of hydrogen-bond acceptors (Lipinski definition) is 2. The van der Waals surface area contributed by atoms with E-state index in [0.29, 0.717) is 30.2 Å². The molecule has 1 fully saturated rings. The topological polar surface area (TPSA) is 49.4 Å². The number of amides is 2. The van der Waals surface area contributed by atoms with Gasteiger partial charge in [0.1, 0.15) is 0 Å². The molecule has 0 spiro atoms. The summed E-state index contributed by atoms with van der Waals surface area (Å²) in [5.74, 6) is 0.706. The van der Waals surface area contributed by atoms with E-state index in [1.807, 2.05) is 29.2 Å². The van der Waals surface area contributed by atoms with Crippen LogP contribution in [0.3, 0.4) is 0 Å². The lowest BCUT2D eigenvalue weighted by atomic mass is 10.0. The minimum absolute atomic E-state index is 0.0805. The summed E-state index contributed by atoms with van der Waals surface area (Å²) in [6.07, 6.45) is 3.49. The number of piperidine rings is 1. The fraction of sp³-hybridized carbons (Fsp3) is 0.579. The van der Waals surface area contributed by atoms with Crippen LogP contribution in [0.2, 0.25) is 5.02 Å². The number of halogens is 1. The van der Waals surface area contributed by atoms with Gasteiger partial charge in [0.15, 0.2) is 0 Å². The van der Waals surface area contributed by atoms with E-state index in [2.05, 4.69) is 19.2 Å². The summed E-state index contributed by atoms with van der Waals surface area (Å²) in [5.41, 5.74) is 1.11. The number of rotatable bonds is 6. The van der Waals surface area contributed by atoms with Gasteiger partial charge in [-0.25, -0.2) is 0 Å². The number of likely N-dealkylation sites (tertiary alicyclic amines) is 1. The molecule has 1 aromatic carbocycles. The summed E-state index contributed by atoms with van der Waals surface area (Å²) < 4.78 is 0. The van der Waals surface area contributed by atoms with Crippen molar-refractivity contribution >= 4 is 23.4 Å². The lowest BCUT2D eigenvalue weighted by molar-refractivity contribution is -0.133. The third-order valence-corrected chi connectivity index (χ3v) is 4.60. The molecule has 0 unspecified atom stereocenters. The average molecular weight is 351 g/mol. The van der Waals surface area contributed by atoms with E-state index in [-0.39, 0.29) is 17.9 Å². The van der Waals surface area contributed by atoms with Crippen molar-refractivity contribution in [1.29, 1.82) is 0 Å². The maximum atomic E-state index is 12.1. The minimum atomic E-state index is 0.0805. The van der Waals surface area contributed by atoms with E-state index in [0.717, 1.165) is 31.5 Å². The van der Waals surface area contributed by atoms with Crippen molar-refractivity contribution in [2.75, 3.05) is 13.1 Å². The molecule has 2 amide bonds. The molecule has 0 radical (unpaired) electrons. The first kappa shape index (κ1) is 18.8. The molecule has 0 aliphatic carbocycles. The highest BCUT2D eigenvalue weighted by Crippen LogP contribution is 2.14. The summed E-state index contributed by atoms with van der Waals surface area (Å²) >= 11 is 5.86. The van der Waals surface area contributed by atoms with Gasteiger partial charge >= 0.3 is 0 Å². The first-order valence-corrected chi connectivity index (χ1v) is 9.13. The van der Waals surface area contributed by atoms with Crippen molar-refractivity contribution in [3.8, 4) is 0 Å². The standard InChI is InChI=1S/C19H27ClN2O2/c1-14(2)13-19(24)22-11-9-17(10-12-22)21-18(23)8-5-15-3-6-16(20)7-4-15/h3-4,6-7,14,17H,5,8-13H2,1-2H3,(H,21,23). The van der Waals surface area contributed by atoms with Gasteiger partial charge in [0.25, 0.3) is 0 Å². The van der Waals surface area contributed by atoms with Crippen LogP contribution in [0.4, 0.5) is 0 Å². The zero-order valence-corrected chi connectivity index (χ0v) is 15.3. The molecule has 5 heteroatoms. The van der Waals surface area contributed by atoms with Crippen molar-refractivity contribution in [2.24, 2.45) is 5.92 Å². The molecule has 1 aromatic rings. The normalized spacial score (nSPS) is 15.6. The van der Waals surface area contributed by atoms with Gasteiger partial charge in [-0.2, -0.15) is 0 Å². The molecule has 132 valence electrons. The molecule has 1 aliphatic heterocycles. The van der Waals surface area contributed by atoms with E-state index in [4.69, 9.17) is 11.6 Å². The number of aryl methyl sites for hydroxylation is 1. The lowest BCUT2D eigenvalue weighted by Gasteiger charge is -2.33. The second-order valence-electron chi connectivity index (χ2n) is 6.95. The predicted molar refractivity (Wildman–Crippen MR) is 97.0 cm³/mol. The van der Waals surface area contributed by atoms with Crippen LogP contribution in [0.25, 0.3) is 0 Å². The number of carbonyl (C=O) groups is 2. The van der Waals surface area contributed by atoms with E-state index in [9.17, 15) is 9.59 Å². The van der Waals surface area contributed by atoms with E-state index in [1.54, 1.807) is 0 Å². The van der Waals surface area contributed by atoms with Gasteiger partial charge in [-0.1, -0.05) is 37.6 Å². The van der Waals surface area contributed by atoms with E-state index < -0.39 is 0 Å². The van der Waals surface area contributed by atoms with E-state index >= 15 is 0 Å². The Morgan fingerprint density at radius 1 is 1.21 bits per heavy atom. The first-order chi connectivity index (χ1) is 11.4. The second-order valence-corrected chi connectivity index (χ2v) is 7.38. The summed E-state index contributed by atoms with van der Waals surface area (Å²) in [6.45, 7) is 5.61. The maximum Gasteiger partial charge on any atom is 0.222 e. The smallest absolute Gasteiger partial charge is 0.222 e. The van der Waals surface area contributed by atoms with Crippen molar-refractivity contribution in [3.05, 3.63) is 34.9 Å². The molecular weight excluding hydrogens is 324 g/mol. The number of nitrogens with zero attached hydrogens (tertiary/aromatic N) is 1. The SMILES string of the molecule is CC(C)CC(=O)N1CCC(NC(=O)CCc2ccc(Cl)cc2)CC1. The first-order valence-electron chi connectivity index (χ1n) is 8.75. The van der Waals surface area contributed by atoms with Gasteiger partial charge < -0.3 is 10.2 Å². The molecule has 24 heavy (non-hydrogen) atoms. The second kappa shape index (κ2) is 9.07. The monoisotopic (exact) mass is 350 g/mol. The Hall–Kier alpha value is -1.55. The highest BCUT2D eigenvalue weighted by molar-refractivity contribution is 6.30. The molecule has 0 aromatic heterocycles. The molecular formula is C19H27ClN2O2. The third kappa shape index (κ3) is 6.16. The minimum Gasteiger partial charge on any atom is -0.353 e. The number of carbonyl (C=O) groups excluding carboxylic acids is 2. The fourth-order valence-electron chi connectivity index (χ4n) is 2.96. The van der Waals surface area contributed by atoms with Crippen LogP contribution in [-0.4, -0.2) is 35.8 Å². The number of hydrogen-bond donors (Lipinski definition) is 1. The lowest BCUT2D eigenvalue weighted by Crippen LogP contribution is -2.46. The molecule has 0 bridgehead atoms. The number of nitrogens with one attached hydrogen (secondary N) is 1. The Labute approximate surface area is 149 Å². The highest BCUT2D eigenvalue weighted by atomic mass is 35.5. The van der Waals surface area contributed by atoms with Gasteiger partial charge in [0.2, 0.25) is 11.8 Å². The van der Waals surface area contributed by atoms with Crippen molar-refractivity contribution in [3.63, 3.8) is 0 Å². The van der Waals surface area contributed by atoms with Gasteiger partial charge in [0.05, 0.1) is 0 Å². The molecule has 2 rings (SSSR count). The zero-order chi connectivity index (χ0) is 17.5.